The summed E-state index contributed by atoms with van der Waals surface area (Å²) < 4.78 is 11.0. The summed E-state index contributed by atoms with van der Waals surface area (Å²) in [4.78, 5) is 32.9. The van der Waals surface area contributed by atoms with E-state index in [2.05, 4.69) is 15.3 Å². The minimum absolute atomic E-state index is 0.210. The zero-order valence-corrected chi connectivity index (χ0v) is 17.2. The maximum absolute atomic E-state index is 12.6. The van der Waals surface area contributed by atoms with Gasteiger partial charge in [-0.2, -0.15) is 0 Å². The molecule has 8 heteroatoms. The zero-order valence-electron chi connectivity index (χ0n) is 16.4. The molecule has 152 valence electrons. The van der Waals surface area contributed by atoms with Gasteiger partial charge in [0.25, 0.3) is 5.56 Å². The number of carbonyl (C=O) groups is 1. The molecule has 0 radical (unpaired) electrons. The first-order valence-corrected chi connectivity index (χ1v) is 10.2. The van der Waals surface area contributed by atoms with Crippen LogP contribution in [-0.4, -0.2) is 22.7 Å². The van der Waals surface area contributed by atoms with Crippen LogP contribution in [0.5, 0.6) is 11.5 Å². The summed E-state index contributed by atoms with van der Waals surface area (Å²) >= 11 is 1.41. The quantitative estimate of drug-likeness (QED) is 0.475. The molecule has 0 fully saturated rings. The van der Waals surface area contributed by atoms with Gasteiger partial charge in [0.1, 0.15) is 22.2 Å². The fraction of sp³-hybridized carbons (Fsp3) is 0.136. The van der Waals surface area contributed by atoms with E-state index < -0.39 is 6.09 Å². The van der Waals surface area contributed by atoms with Crippen molar-refractivity contribution in [1.82, 2.24) is 9.97 Å². The number of hydrogen-bond donors (Lipinski definition) is 2. The molecule has 7 nitrogen and oxygen atoms in total. The Morgan fingerprint density at radius 2 is 2.00 bits per heavy atom. The van der Waals surface area contributed by atoms with Crippen LogP contribution in [0.25, 0.3) is 21.6 Å². The van der Waals surface area contributed by atoms with Gasteiger partial charge in [-0.05, 0) is 55.1 Å². The number of H-pyrrole nitrogens is 1. The minimum Gasteiger partial charge on any atom is -0.493 e. The molecule has 0 aliphatic carbocycles. The number of rotatable bonds is 5. The number of aryl methyl sites for hydroxylation is 1. The van der Waals surface area contributed by atoms with E-state index in [0.717, 1.165) is 5.56 Å². The van der Waals surface area contributed by atoms with Gasteiger partial charge in [0.05, 0.1) is 17.6 Å². The minimum atomic E-state index is -0.623. The van der Waals surface area contributed by atoms with Gasteiger partial charge < -0.3 is 14.5 Å². The van der Waals surface area contributed by atoms with Crippen molar-refractivity contribution in [2.45, 2.75) is 13.8 Å². The Kier molecular flexibility index (Phi) is 5.49. The van der Waals surface area contributed by atoms with Gasteiger partial charge in [-0.1, -0.05) is 18.2 Å². The standard InChI is InChI=1S/C22H19N3O4S/c1-3-28-17-10-9-14(23-22(27)29-15-7-5-4-6-8-15)11-16(17)19-24-20(26)18-13(2)12-30-21(18)25-19/h4-12H,3H2,1-2H3,(H,23,27)(H,24,25,26). The average Bonchev–Trinajstić information content (AvgIpc) is 3.11. The number of nitrogens with one attached hydrogen (secondary N) is 2. The van der Waals surface area contributed by atoms with Crippen LogP contribution in [0.3, 0.4) is 0 Å². The van der Waals surface area contributed by atoms with Crippen molar-refractivity contribution in [2.75, 3.05) is 11.9 Å². The molecule has 2 N–H and O–H groups in total. The number of ether oxygens (including phenoxy) is 2. The number of aromatic nitrogens is 2. The third-order valence-electron chi connectivity index (χ3n) is 4.36. The van der Waals surface area contributed by atoms with Crippen LogP contribution in [0.1, 0.15) is 12.5 Å². The predicted molar refractivity (Wildman–Crippen MR) is 118 cm³/mol. The summed E-state index contributed by atoms with van der Waals surface area (Å²) in [6.45, 7) is 4.19. The van der Waals surface area contributed by atoms with Crippen molar-refractivity contribution in [3.8, 4) is 22.9 Å². The summed E-state index contributed by atoms with van der Waals surface area (Å²) in [7, 11) is 0. The molecule has 0 spiro atoms. The van der Waals surface area contributed by atoms with Crippen molar-refractivity contribution >= 4 is 33.3 Å². The Morgan fingerprint density at radius 1 is 1.20 bits per heavy atom. The summed E-state index contributed by atoms with van der Waals surface area (Å²) in [6, 6.07) is 13.9. The van der Waals surface area contributed by atoms with Crippen LogP contribution in [0.2, 0.25) is 0 Å². The number of hydrogen-bond acceptors (Lipinski definition) is 6. The second-order valence-electron chi connectivity index (χ2n) is 6.48. The summed E-state index contributed by atoms with van der Waals surface area (Å²) in [6.07, 6.45) is -0.623. The highest BCUT2D eigenvalue weighted by molar-refractivity contribution is 7.16. The highest BCUT2D eigenvalue weighted by atomic mass is 32.1. The Labute approximate surface area is 176 Å². The number of nitrogens with zero attached hydrogens (tertiary/aromatic N) is 1. The van der Waals surface area contributed by atoms with Gasteiger partial charge in [-0.15, -0.1) is 11.3 Å². The topological polar surface area (TPSA) is 93.3 Å². The second kappa shape index (κ2) is 8.38. The van der Waals surface area contributed by atoms with E-state index in [-0.39, 0.29) is 5.56 Å². The predicted octanol–water partition coefficient (Wildman–Crippen LogP) is 4.97. The first kappa shape index (κ1) is 19.7. The van der Waals surface area contributed by atoms with Crippen LogP contribution in [0, 0.1) is 6.92 Å². The van der Waals surface area contributed by atoms with E-state index in [1.165, 1.54) is 11.3 Å². The maximum atomic E-state index is 12.6. The lowest BCUT2D eigenvalue weighted by molar-refractivity contribution is 0.215. The van der Waals surface area contributed by atoms with Crippen molar-refractivity contribution in [1.29, 1.82) is 0 Å². The molecule has 0 saturated carbocycles. The Morgan fingerprint density at radius 3 is 2.77 bits per heavy atom. The lowest BCUT2D eigenvalue weighted by Gasteiger charge is -2.13. The normalized spacial score (nSPS) is 10.7. The smallest absolute Gasteiger partial charge is 0.417 e. The number of benzene rings is 2. The SMILES string of the molecule is CCOc1ccc(NC(=O)Oc2ccccc2)cc1-c1nc2scc(C)c2c(=O)[nH]1. The van der Waals surface area contributed by atoms with E-state index >= 15 is 0 Å². The molecule has 0 atom stereocenters. The van der Waals surface area contributed by atoms with Crippen LogP contribution in [-0.2, 0) is 0 Å². The highest BCUT2D eigenvalue weighted by Gasteiger charge is 2.15. The molecule has 2 aromatic carbocycles. The molecule has 0 aliphatic rings. The van der Waals surface area contributed by atoms with Gasteiger partial charge >= 0.3 is 6.09 Å². The molecule has 4 aromatic rings. The van der Waals surface area contributed by atoms with Gasteiger partial charge in [0, 0.05) is 5.69 Å². The molecular weight excluding hydrogens is 402 g/mol. The van der Waals surface area contributed by atoms with Crippen molar-refractivity contribution in [3.63, 3.8) is 0 Å². The fourth-order valence-corrected chi connectivity index (χ4v) is 3.95. The van der Waals surface area contributed by atoms with Gasteiger partial charge in [0.15, 0.2) is 0 Å². The van der Waals surface area contributed by atoms with Crippen molar-refractivity contribution < 1.29 is 14.3 Å². The van der Waals surface area contributed by atoms with E-state index in [4.69, 9.17) is 9.47 Å². The molecule has 30 heavy (non-hydrogen) atoms. The van der Waals surface area contributed by atoms with Crippen LogP contribution >= 0.6 is 11.3 Å². The van der Waals surface area contributed by atoms with Crippen LogP contribution in [0.4, 0.5) is 10.5 Å². The number of aromatic amines is 1. The number of para-hydroxylation sites is 1. The summed E-state index contributed by atoms with van der Waals surface area (Å²) in [5.41, 5.74) is 1.73. The summed E-state index contributed by atoms with van der Waals surface area (Å²) in [5, 5.41) is 5.18. The highest BCUT2D eigenvalue weighted by Crippen LogP contribution is 2.32. The van der Waals surface area contributed by atoms with Gasteiger partial charge in [-0.3, -0.25) is 10.1 Å². The number of carbonyl (C=O) groups excluding carboxylic acids is 1. The van der Waals surface area contributed by atoms with Crippen LogP contribution < -0.4 is 20.3 Å². The van der Waals surface area contributed by atoms with E-state index in [1.807, 2.05) is 25.3 Å². The Balaban J connectivity index is 1.68. The summed E-state index contributed by atoms with van der Waals surface area (Å²) in [5.74, 6) is 1.36. The van der Waals surface area contributed by atoms with Crippen LogP contribution in [0.15, 0.2) is 58.7 Å². The first-order chi connectivity index (χ1) is 14.5. The van der Waals surface area contributed by atoms with Crippen molar-refractivity contribution in [3.05, 3.63) is 69.8 Å². The molecule has 1 amide bonds. The molecule has 4 rings (SSSR count). The van der Waals surface area contributed by atoms with E-state index in [1.54, 1.807) is 42.5 Å². The third kappa shape index (κ3) is 4.04. The van der Waals surface area contributed by atoms with E-state index in [9.17, 15) is 9.59 Å². The molecule has 0 aliphatic heterocycles. The largest absolute Gasteiger partial charge is 0.493 e. The van der Waals surface area contributed by atoms with Gasteiger partial charge in [-0.25, -0.2) is 9.78 Å². The third-order valence-corrected chi connectivity index (χ3v) is 5.35. The average molecular weight is 421 g/mol. The molecule has 0 bridgehead atoms. The maximum Gasteiger partial charge on any atom is 0.417 e. The number of amides is 1. The molecule has 2 aromatic heterocycles. The fourth-order valence-electron chi connectivity index (χ4n) is 3.03. The molecule has 0 unspecified atom stereocenters. The second-order valence-corrected chi connectivity index (χ2v) is 7.34. The molecule has 2 heterocycles. The van der Waals surface area contributed by atoms with Gasteiger partial charge in [0.2, 0.25) is 0 Å². The van der Waals surface area contributed by atoms with E-state index in [0.29, 0.717) is 45.4 Å². The molecular formula is C22H19N3O4S. The Bertz CT molecular complexity index is 1260. The zero-order chi connectivity index (χ0) is 21.1. The monoisotopic (exact) mass is 421 g/mol. The number of anilines is 1. The number of thiophene rings is 1. The first-order valence-electron chi connectivity index (χ1n) is 9.34. The lowest BCUT2D eigenvalue weighted by Crippen LogP contribution is -2.17. The lowest BCUT2D eigenvalue weighted by atomic mass is 10.1. The van der Waals surface area contributed by atoms with Crippen molar-refractivity contribution in [2.24, 2.45) is 0 Å². The number of fused-ring (bicyclic) bond motifs is 1. The Hall–Kier alpha value is -3.65. The molecule has 0 saturated heterocycles.